The third kappa shape index (κ3) is 4.50. The lowest BCUT2D eigenvalue weighted by Crippen LogP contribution is -2.18. The fourth-order valence-electron chi connectivity index (χ4n) is 3.30. The van der Waals surface area contributed by atoms with E-state index >= 15 is 0 Å². The van der Waals surface area contributed by atoms with Gasteiger partial charge in [-0.3, -0.25) is 9.59 Å². The summed E-state index contributed by atoms with van der Waals surface area (Å²) in [6, 6.07) is 6.11. The Balaban J connectivity index is 1.35. The lowest BCUT2D eigenvalue weighted by Gasteiger charge is -2.05. The number of rotatable bonds is 7. The molecule has 10 heteroatoms. The van der Waals surface area contributed by atoms with Crippen molar-refractivity contribution in [2.45, 2.75) is 37.4 Å². The Bertz CT molecular complexity index is 1120. The standard InChI is InChI=1S/C20H21N5O2S3/c1-10-6-7-12(8-11(10)2)22-19-24-25-20(30-19)28-9-15(26)23-18-16(17(21)27)13-4-3-5-14(13)29-18/h6-8H,3-5,9H2,1-2H3,(H2,21,27)(H,22,24)(H,23,26). The number of hydrogen-bond acceptors (Lipinski definition) is 8. The van der Waals surface area contributed by atoms with Crippen LogP contribution >= 0.6 is 34.4 Å². The van der Waals surface area contributed by atoms with Crippen molar-refractivity contribution in [1.82, 2.24) is 10.2 Å². The van der Waals surface area contributed by atoms with Crippen molar-refractivity contribution in [2.75, 3.05) is 16.4 Å². The molecule has 1 aromatic carbocycles. The molecule has 7 nitrogen and oxygen atoms in total. The summed E-state index contributed by atoms with van der Waals surface area (Å²) in [5, 5.41) is 15.6. The Morgan fingerprint density at radius 2 is 2.00 bits per heavy atom. The SMILES string of the molecule is Cc1ccc(Nc2nnc(SCC(=O)Nc3sc4c(c3C(N)=O)CCC4)s2)cc1C. The number of hydrogen-bond donors (Lipinski definition) is 3. The minimum Gasteiger partial charge on any atom is -0.365 e. The molecule has 0 spiro atoms. The van der Waals surface area contributed by atoms with Gasteiger partial charge in [-0.2, -0.15) is 0 Å². The predicted octanol–water partition coefficient (Wildman–Crippen LogP) is 4.28. The van der Waals surface area contributed by atoms with E-state index in [0.717, 1.165) is 35.4 Å². The van der Waals surface area contributed by atoms with E-state index in [1.165, 1.54) is 45.6 Å². The van der Waals surface area contributed by atoms with Crippen LogP contribution in [0.2, 0.25) is 0 Å². The molecule has 0 unspecified atom stereocenters. The lowest BCUT2D eigenvalue weighted by atomic mass is 10.1. The van der Waals surface area contributed by atoms with Crippen molar-refractivity contribution in [3.63, 3.8) is 0 Å². The zero-order chi connectivity index (χ0) is 21.3. The van der Waals surface area contributed by atoms with Gasteiger partial charge in [0.15, 0.2) is 4.34 Å². The molecule has 0 atom stereocenters. The van der Waals surface area contributed by atoms with E-state index in [4.69, 9.17) is 5.73 Å². The lowest BCUT2D eigenvalue weighted by molar-refractivity contribution is -0.113. The fraction of sp³-hybridized carbons (Fsp3) is 0.300. The molecule has 0 fully saturated rings. The molecule has 30 heavy (non-hydrogen) atoms. The molecular formula is C20H21N5O2S3. The second-order valence-electron chi connectivity index (χ2n) is 7.06. The van der Waals surface area contributed by atoms with Gasteiger partial charge in [0.25, 0.3) is 5.91 Å². The Labute approximate surface area is 186 Å². The number of amides is 2. The van der Waals surface area contributed by atoms with E-state index in [2.05, 4.69) is 46.8 Å². The molecule has 0 radical (unpaired) electrons. The maximum Gasteiger partial charge on any atom is 0.251 e. The van der Waals surface area contributed by atoms with Gasteiger partial charge in [-0.05, 0) is 61.9 Å². The first-order chi connectivity index (χ1) is 14.4. The minimum absolute atomic E-state index is 0.180. The highest BCUT2D eigenvalue weighted by Crippen LogP contribution is 2.39. The summed E-state index contributed by atoms with van der Waals surface area (Å²) < 4.78 is 0.695. The van der Waals surface area contributed by atoms with Crippen LogP contribution in [0.3, 0.4) is 0 Å². The largest absolute Gasteiger partial charge is 0.365 e. The number of nitrogens with two attached hydrogens (primary N) is 1. The third-order valence-electron chi connectivity index (χ3n) is 4.91. The molecule has 0 bridgehead atoms. The molecule has 2 heterocycles. The highest BCUT2D eigenvalue weighted by atomic mass is 32.2. The van der Waals surface area contributed by atoms with Crippen LogP contribution in [0.15, 0.2) is 22.5 Å². The highest BCUT2D eigenvalue weighted by molar-refractivity contribution is 8.01. The average Bonchev–Trinajstić information content (AvgIpc) is 3.39. The first-order valence-corrected chi connectivity index (χ1v) is 12.1. The molecule has 4 rings (SSSR count). The molecule has 3 aromatic rings. The van der Waals surface area contributed by atoms with Gasteiger partial charge in [-0.25, -0.2) is 0 Å². The molecule has 0 aliphatic heterocycles. The minimum atomic E-state index is -0.483. The van der Waals surface area contributed by atoms with Crippen LogP contribution in [0, 0.1) is 13.8 Å². The molecule has 2 aromatic heterocycles. The summed E-state index contributed by atoms with van der Waals surface area (Å²) in [5.74, 6) is -0.496. The number of anilines is 3. The zero-order valence-corrected chi connectivity index (χ0v) is 19.0. The number of carbonyl (C=O) groups excluding carboxylic acids is 2. The summed E-state index contributed by atoms with van der Waals surface area (Å²) >= 11 is 4.16. The molecule has 2 amide bonds. The maximum absolute atomic E-state index is 12.4. The van der Waals surface area contributed by atoms with Crippen LogP contribution in [0.1, 0.15) is 38.3 Å². The van der Waals surface area contributed by atoms with E-state index in [1.54, 1.807) is 0 Å². The van der Waals surface area contributed by atoms with Gasteiger partial charge in [-0.15, -0.1) is 21.5 Å². The van der Waals surface area contributed by atoms with E-state index in [9.17, 15) is 9.59 Å². The number of fused-ring (bicyclic) bond motifs is 1. The number of aromatic nitrogens is 2. The van der Waals surface area contributed by atoms with Gasteiger partial charge in [0.1, 0.15) is 5.00 Å². The van der Waals surface area contributed by atoms with Crippen LogP contribution in [0.25, 0.3) is 0 Å². The number of benzene rings is 1. The van der Waals surface area contributed by atoms with E-state index in [-0.39, 0.29) is 11.7 Å². The van der Waals surface area contributed by atoms with Crippen LogP contribution in [0.5, 0.6) is 0 Å². The van der Waals surface area contributed by atoms with Gasteiger partial charge in [-0.1, -0.05) is 29.2 Å². The van der Waals surface area contributed by atoms with Crippen LogP contribution in [-0.2, 0) is 17.6 Å². The van der Waals surface area contributed by atoms with Gasteiger partial charge in [0.05, 0.1) is 11.3 Å². The number of nitrogens with zero attached hydrogens (tertiary/aromatic N) is 2. The van der Waals surface area contributed by atoms with Gasteiger partial charge >= 0.3 is 0 Å². The molecule has 1 aliphatic carbocycles. The third-order valence-corrected chi connectivity index (χ3v) is 8.09. The molecule has 4 N–H and O–H groups in total. The Morgan fingerprint density at radius 1 is 1.17 bits per heavy atom. The molecule has 1 aliphatic rings. The summed E-state index contributed by atoms with van der Waals surface area (Å²) in [5.41, 5.74) is 10.4. The number of primary amides is 1. The number of thiophene rings is 1. The molecule has 156 valence electrons. The van der Waals surface area contributed by atoms with E-state index < -0.39 is 5.91 Å². The number of aryl methyl sites for hydroxylation is 3. The van der Waals surface area contributed by atoms with Gasteiger partial charge < -0.3 is 16.4 Å². The van der Waals surface area contributed by atoms with Crippen molar-refractivity contribution in [3.8, 4) is 0 Å². The van der Waals surface area contributed by atoms with Crippen LogP contribution in [0.4, 0.5) is 15.8 Å². The molecule has 0 saturated carbocycles. The monoisotopic (exact) mass is 459 g/mol. The van der Waals surface area contributed by atoms with Crippen molar-refractivity contribution < 1.29 is 9.59 Å². The number of nitrogens with one attached hydrogen (secondary N) is 2. The van der Waals surface area contributed by atoms with Crippen LogP contribution in [-0.4, -0.2) is 27.8 Å². The Kier molecular flexibility index (Phi) is 6.07. The van der Waals surface area contributed by atoms with Crippen molar-refractivity contribution in [3.05, 3.63) is 45.3 Å². The Hall–Kier alpha value is -2.43. The number of thioether (sulfide) groups is 1. The molecule has 0 saturated heterocycles. The van der Waals surface area contributed by atoms with E-state index in [0.29, 0.717) is 20.0 Å². The smallest absolute Gasteiger partial charge is 0.251 e. The first-order valence-electron chi connectivity index (χ1n) is 9.45. The maximum atomic E-state index is 12.4. The summed E-state index contributed by atoms with van der Waals surface area (Å²) in [7, 11) is 0. The van der Waals surface area contributed by atoms with Gasteiger partial charge in [0.2, 0.25) is 11.0 Å². The molecular weight excluding hydrogens is 438 g/mol. The topological polar surface area (TPSA) is 110 Å². The van der Waals surface area contributed by atoms with Gasteiger partial charge in [0, 0.05) is 10.6 Å². The van der Waals surface area contributed by atoms with Crippen molar-refractivity contribution in [1.29, 1.82) is 0 Å². The number of carbonyl (C=O) groups is 2. The Morgan fingerprint density at radius 3 is 2.77 bits per heavy atom. The second kappa shape index (κ2) is 8.75. The summed E-state index contributed by atoms with van der Waals surface area (Å²) in [6.07, 6.45) is 2.81. The van der Waals surface area contributed by atoms with E-state index in [1.807, 2.05) is 6.07 Å². The predicted molar refractivity (Wildman–Crippen MR) is 123 cm³/mol. The summed E-state index contributed by atoms with van der Waals surface area (Å²) in [6.45, 7) is 4.13. The average molecular weight is 460 g/mol. The summed E-state index contributed by atoms with van der Waals surface area (Å²) in [4.78, 5) is 25.4. The van der Waals surface area contributed by atoms with Crippen LogP contribution < -0.4 is 16.4 Å². The second-order valence-corrected chi connectivity index (χ2v) is 10.4. The van der Waals surface area contributed by atoms with Crippen molar-refractivity contribution >= 4 is 62.1 Å². The first kappa shape index (κ1) is 20.8. The van der Waals surface area contributed by atoms with Crippen molar-refractivity contribution in [2.24, 2.45) is 5.73 Å². The fourth-order valence-corrected chi connectivity index (χ4v) is 6.19. The normalized spacial score (nSPS) is 12.6. The zero-order valence-electron chi connectivity index (χ0n) is 16.6. The quantitative estimate of drug-likeness (QED) is 0.455. The highest BCUT2D eigenvalue weighted by Gasteiger charge is 2.26.